The van der Waals surface area contributed by atoms with E-state index >= 15 is 0 Å². The van der Waals surface area contributed by atoms with Crippen molar-refractivity contribution in [2.24, 2.45) is 5.73 Å². The van der Waals surface area contributed by atoms with Gasteiger partial charge in [0.25, 0.3) is 0 Å². The van der Waals surface area contributed by atoms with Crippen LogP contribution < -0.4 is 11.5 Å². The quantitative estimate of drug-likeness (QED) is 0.806. The first-order valence-corrected chi connectivity index (χ1v) is 8.12. The molecule has 1 aliphatic rings. The number of halogens is 2. The Morgan fingerprint density at radius 1 is 1.38 bits per heavy atom. The molecule has 1 fully saturated rings. The van der Waals surface area contributed by atoms with E-state index in [-0.39, 0.29) is 17.3 Å². The number of nitrogen functional groups attached to an aromatic ring is 1. The van der Waals surface area contributed by atoms with Crippen molar-refractivity contribution in [2.45, 2.75) is 30.2 Å². The Bertz CT molecular complexity index is 681. The molecule has 1 aromatic carbocycles. The van der Waals surface area contributed by atoms with Gasteiger partial charge in [-0.15, -0.1) is 0 Å². The molecule has 0 bridgehead atoms. The van der Waals surface area contributed by atoms with Gasteiger partial charge < -0.3 is 11.5 Å². The van der Waals surface area contributed by atoms with Crippen LogP contribution in [-0.2, 0) is 14.8 Å². The van der Waals surface area contributed by atoms with Gasteiger partial charge in [0.2, 0.25) is 15.9 Å². The van der Waals surface area contributed by atoms with Gasteiger partial charge in [-0.3, -0.25) is 4.79 Å². The molecule has 1 saturated heterocycles. The van der Waals surface area contributed by atoms with Crippen molar-refractivity contribution in [2.75, 3.05) is 12.3 Å². The highest BCUT2D eigenvalue weighted by atomic mass is 35.5. The highest BCUT2D eigenvalue weighted by Crippen LogP contribution is 2.31. The summed E-state index contributed by atoms with van der Waals surface area (Å²) >= 11 is 5.74. The summed E-state index contributed by atoms with van der Waals surface area (Å²) in [5, 5.41) is 0.000101. The Kier molecular flexibility index (Phi) is 4.40. The molecule has 1 unspecified atom stereocenters. The normalized spacial score (nSPS) is 20.4. The fourth-order valence-electron chi connectivity index (χ4n) is 2.38. The number of nitrogens with zero attached hydrogens (tertiary/aromatic N) is 1. The van der Waals surface area contributed by atoms with Gasteiger partial charge in [0.05, 0.1) is 5.69 Å². The zero-order valence-corrected chi connectivity index (χ0v) is 12.6. The summed E-state index contributed by atoms with van der Waals surface area (Å²) in [6.45, 7) is 0.0990. The Labute approximate surface area is 126 Å². The van der Waals surface area contributed by atoms with E-state index in [1.807, 2.05) is 0 Å². The molecule has 4 N–H and O–H groups in total. The summed E-state index contributed by atoms with van der Waals surface area (Å²) in [5.41, 5.74) is 10.3. The van der Waals surface area contributed by atoms with Gasteiger partial charge in [0.1, 0.15) is 10.9 Å². The van der Waals surface area contributed by atoms with E-state index in [0.29, 0.717) is 19.3 Å². The minimum atomic E-state index is -4.24. The summed E-state index contributed by atoms with van der Waals surface area (Å²) in [6.07, 6.45) is 1.56. The van der Waals surface area contributed by atoms with Crippen LogP contribution in [0.5, 0.6) is 0 Å². The van der Waals surface area contributed by atoms with Crippen LogP contribution in [0, 0.1) is 5.82 Å². The lowest BCUT2D eigenvalue weighted by Crippen LogP contribution is -2.50. The molecular weight excluding hydrogens is 321 g/mol. The number of hydrogen-bond acceptors (Lipinski definition) is 4. The van der Waals surface area contributed by atoms with Gasteiger partial charge in [-0.05, 0) is 25.0 Å². The number of sulfonamides is 1. The van der Waals surface area contributed by atoms with Gasteiger partial charge >= 0.3 is 0 Å². The van der Waals surface area contributed by atoms with Gasteiger partial charge in [0, 0.05) is 11.6 Å². The number of amides is 1. The van der Waals surface area contributed by atoms with Gasteiger partial charge in [-0.1, -0.05) is 18.0 Å². The zero-order valence-electron chi connectivity index (χ0n) is 11.1. The number of benzene rings is 1. The van der Waals surface area contributed by atoms with E-state index in [1.165, 1.54) is 0 Å². The molecular formula is C12H15ClFN3O3S. The van der Waals surface area contributed by atoms with Crippen molar-refractivity contribution >= 4 is 33.2 Å². The maximum atomic E-state index is 14.1. The van der Waals surface area contributed by atoms with Crippen LogP contribution in [0.3, 0.4) is 0 Å². The summed E-state index contributed by atoms with van der Waals surface area (Å²) in [4.78, 5) is 10.8. The molecule has 1 aromatic rings. The predicted molar refractivity (Wildman–Crippen MR) is 76.5 cm³/mol. The monoisotopic (exact) mass is 335 g/mol. The molecule has 1 amide bonds. The average molecular weight is 336 g/mol. The number of carbonyl (C=O) groups excluding carboxylic acids is 1. The molecule has 0 aliphatic carbocycles. The highest BCUT2D eigenvalue weighted by molar-refractivity contribution is 7.89. The van der Waals surface area contributed by atoms with Crippen LogP contribution in [0.25, 0.3) is 0 Å². The van der Waals surface area contributed by atoms with Crippen LogP contribution in [0.1, 0.15) is 19.3 Å². The highest BCUT2D eigenvalue weighted by Gasteiger charge is 2.38. The second-order valence-electron chi connectivity index (χ2n) is 4.84. The van der Waals surface area contributed by atoms with Crippen LogP contribution >= 0.6 is 11.6 Å². The number of primary amides is 1. The maximum absolute atomic E-state index is 14.1. The second kappa shape index (κ2) is 5.78. The molecule has 0 radical (unpaired) electrons. The van der Waals surface area contributed by atoms with E-state index in [2.05, 4.69) is 0 Å². The molecule has 0 saturated carbocycles. The Balaban J connectivity index is 2.53. The number of nitrogens with two attached hydrogens (primary N) is 2. The molecule has 21 heavy (non-hydrogen) atoms. The molecule has 1 heterocycles. The van der Waals surface area contributed by atoms with Crippen molar-refractivity contribution in [1.29, 1.82) is 0 Å². The lowest BCUT2D eigenvalue weighted by Gasteiger charge is -2.32. The largest absolute Gasteiger partial charge is 0.396 e. The molecule has 1 aliphatic heterocycles. The summed E-state index contributed by atoms with van der Waals surface area (Å²) in [5.74, 6) is -1.83. The van der Waals surface area contributed by atoms with E-state index in [4.69, 9.17) is 23.1 Å². The number of anilines is 1. The van der Waals surface area contributed by atoms with Crippen molar-refractivity contribution in [3.63, 3.8) is 0 Å². The predicted octanol–water partition coefficient (Wildman–Crippen LogP) is 1.09. The van der Waals surface area contributed by atoms with E-state index in [1.54, 1.807) is 0 Å². The smallest absolute Gasteiger partial charge is 0.246 e. The fourth-order valence-corrected chi connectivity index (χ4v) is 4.45. The Hall–Kier alpha value is -1.38. The van der Waals surface area contributed by atoms with Crippen LogP contribution in [0.15, 0.2) is 17.0 Å². The SMILES string of the molecule is NC(=O)C1CCCCN1S(=O)(=O)c1cc(Cl)cc(N)c1F. The zero-order chi connectivity index (χ0) is 15.8. The molecule has 2 rings (SSSR count). The third kappa shape index (κ3) is 2.97. The van der Waals surface area contributed by atoms with Crippen LogP contribution in [0.4, 0.5) is 10.1 Å². The fraction of sp³-hybridized carbons (Fsp3) is 0.417. The van der Waals surface area contributed by atoms with Crippen LogP contribution in [-0.4, -0.2) is 31.2 Å². The standard InChI is InChI=1S/C12H15ClFN3O3S/c13-7-5-8(15)11(14)10(6-7)21(19,20)17-4-2-1-3-9(17)12(16)18/h5-6,9H,1-4,15H2,(H2,16,18). The minimum absolute atomic E-state index is 0.000101. The number of carbonyl (C=O) groups is 1. The first kappa shape index (κ1) is 16.0. The average Bonchev–Trinajstić information content (AvgIpc) is 2.42. The molecule has 0 spiro atoms. The van der Waals surface area contributed by atoms with Gasteiger partial charge in [-0.2, -0.15) is 4.31 Å². The lowest BCUT2D eigenvalue weighted by atomic mass is 10.0. The van der Waals surface area contributed by atoms with Crippen molar-refractivity contribution in [3.8, 4) is 0 Å². The maximum Gasteiger partial charge on any atom is 0.246 e. The lowest BCUT2D eigenvalue weighted by molar-refractivity contribution is -0.122. The minimum Gasteiger partial charge on any atom is -0.396 e. The Morgan fingerprint density at radius 3 is 2.67 bits per heavy atom. The first-order valence-electron chi connectivity index (χ1n) is 6.31. The number of piperidine rings is 1. The topological polar surface area (TPSA) is 106 Å². The second-order valence-corrected chi connectivity index (χ2v) is 7.13. The number of hydrogen-bond donors (Lipinski definition) is 2. The van der Waals surface area contributed by atoms with Crippen molar-refractivity contribution in [1.82, 2.24) is 4.31 Å². The molecule has 1 atom stereocenters. The van der Waals surface area contributed by atoms with Crippen LogP contribution in [0.2, 0.25) is 5.02 Å². The summed E-state index contributed by atoms with van der Waals surface area (Å²) < 4.78 is 40.2. The Morgan fingerprint density at radius 2 is 2.05 bits per heavy atom. The summed E-state index contributed by atoms with van der Waals surface area (Å²) in [7, 11) is -4.24. The van der Waals surface area contributed by atoms with Gasteiger partial charge in [0.15, 0.2) is 5.82 Å². The first-order chi connectivity index (χ1) is 9.75. The van der Waals surface area contributed by atoms with E-state index in [0.717, 1.165) is 16.4 Å². The van der Waals surface area contributed by atoms with Crippen molar-refractivity contribution < 1.29 is 17.6 Å². The van der Waals surface area contributed by atoms with Crippen molar-refractivity contribution in [3.05, 3.63) is 23.0 Å². The third-order valence-corrected chi connectivity index (χ3v) is 5.53. The molecule has 0 aromatic heterocycles. The van der Waals surface area contributed by atoms with E-state index in [9.17, 15) is 17.6 Å². The summed E-state index contributed by atoms with van der Waals surface area (Å²) in [6, 6.07) is 1.12. The molecule has 116 valence electrons. The van der Waals surface area contributed by atoms with Gasteiger partial charge in [-0.25, -0.2) is 12.8 Å². The number of rotatable bonds is 3. The molecule has 9 heteroatoms. The molecule has 6 nitrogen and oxygen atoms in total. The van der Waals surface area contributed by atoms with E-state index < -0.39 is 32.7 Å². The third-order valence-electron chi connectivity index (χ3n) is 3.40.